The molecule has 0 saturated carbocycles. The molecular formula is C17H15BrCl2N4O3. The molecule has 0 radical (unpaired) electrons. The fraction of sp³-hybridized carbons (Fsp3) is 0.176. The number of amides is 1. The van der Waals surface area contributed by atoms with Crippen LogP contribution in [0.15, 0.2) is 41.3 Å². The molecule has 0 fully saturated rings. The van der Waals surface area contributed by atoms with Gasteiger partial charge < -0.3 is 14.8 Å². The van der Waals surface area contributed by atoms with Crippen LogP contribution in [0.1, 0.15) is 17.3 Å². The highest BCUT2D eigenvalue weighted by atomic mass is 79.9. The van der Waals surface area contributed by atoms with E-state index in [-0.39, 0.29) is 17.2 Å². The number of aliphatic hydroxyl groups is 1. The molecule has 0 aliphatic rings. The number of hydrogen-bond donors (Lipinski definition) is 3. The number of aliphatic hydroxyl groups excluding tert-OH is 1. The van der Waals surface area contributed by atoms with Crippen LogP contribution in [0.3, 0.4) is 0 Å². The fourth-order valence-electron chi connectivity index (χ4n) is 2.32. The molecule has 3 rings (SSSR count). The number of fused-ring (bicyclic) bond motifs is 1. The van der Waals surface area contributed by atoms with Crippen LogP contribution in [0.4, 0.5) is 11.4 Å². The number of anilines is 2. The number of benzene rings is 1. The Morgan fingerprint density at radius 3 is 2.93 bits per heavy atom. The van der Waals surface area contributed by atoms with Crippen LogP contribution in [-0.4, -0.2) is 33.1 Å². The molecule has 142 valence electrons. The van der Waals surface area contributed by atoms with E-state index < -0.39 is 12.0 Å². The molecule has 3 N–H and O–H groups in total. The highest BCUT2D eigenvalue weighted by Gasteiger charge is 2.20. The van der Waals surface area contributed by atoms with E-state index in [0.717, 1.165) is 4.47 Å². The van der Waals surface area contributed by atoms with Gasteiger partial charge in [0.25, 0.3) is 5.91 Å². The fourth-order valence-corrected chi connectivity index (χ4v) is 3.34. The number of nitrogens with one attached hydrogen (secondary N) is 2. The molecule has 7 nitrogen and oxygen atoms in total. The van der Waals surface area contributed by atoms with Gasteiger partial charge in [-0.05, 0) is 25.1 Å². The summed E-state index contributed by atoms with van der Waals surface area (Å²) in [6.07, 6.45) is 4.10. The summed E-state index contributed by atoms with van der Waals surface area (Å²) in [6.45, 7) is 1.50. The van der Waals surface area contributed by atoms with Crippen molar-refractivity contribution in [2.75, 3.05) is 11.9 Å². The standard InChI is InChI=1S/C17H15BrCl2N4O3/c1-9(25)8-27-23-17(26)11-7-24-5-4-21-16(24)14(20)15(11)22-13-3-2-10(18)6-12(13)19/h2-7,9,22,25H,8H2,1H3,(H,23,26). The zero-order chi connectivity index (χ0) is 19.6. The van der Waals surface area contributed by atoms with Crippen molar-refractivity contribution in [3.63, 3.8) is 0 Å². The normalized spacial score (nSPS) is 12.2. The van der Waals surface area contributed by atoms with E-state index in [0.29, 0.717) is 22.0 Å². The molecule has 27 heavy (non-hydrogen) atoms. The molecule has 2 aromatic heterocycles. The summed E-state index contributed by atoms with van der Waals surface area (Å²) >= 11 is 16.1. The van der Waals surface area contributed by atoms with Gasteiger partial charge in [-0.25, -0.2) is 10.5 Å². The van der Waals surface area contributed by atoms with E-state index in [4.69, 9.17) is 28.0 Å². The van der Waals surface area contributed by atoms with Gasteiger partial charge in [-0.15, -0.1) is 0 Å². The molecule has 2 heterocycles. The molecule has 10 heteroatoms. The van der Waals surface area contributed by atoms with Gasteiger partial charge in [0.1, 0.15) is 11.6 Å². The molecule has 0 bridgehead atoms. The summed E-state index contributed by atoms with van der Waals surface area (Å²) in [7, 11) is 0. The average molecular weight is 474 g/mol. The molecule has 0 saturated heterocycles. The summed E-state index contributed by atoms with van der Waals surface area (Å²) in [5, 5.41) is 13.0. The van der Waals surface area contributed by atoms with Gasteiger partial charge in [-0.3, -0.25) is 9.63 Å². The van der Waals surface area contributed by atoms with Crippen LogP contribution in [0.5, 0.6) is 0 Å². The minimum Gasteiger partial charge on any atom is -0.391 e. The Bertz CT molecular complexity index is 994. The van der Waals surface area contributed by atoms with Crippen molar-refractivity contribution < 1.29 is 14.7 Å². The lowest BCUT2D eigenvalue weighted by atomic mass is 10.2. The van der Waals surface area contributed by atoms with Crippen molar-refractivity contribution in [3.05, 3.63) is 56.9 Å². The predicted octanol–water partition coefficient (Wildman–Crippen LogP) is 4.19. The Kier molecular flexibility index (Phi) is 6.23. The van der Waals surface area contributed by atoms with Crippen molar-refractivity contribution in [2.24, 2.45) is 0 Å². The number of aromatic nitrogens is 2. The van der Waals surface area contributed by atoms with E-state index in [2.05, 4.69) is 31.7 Å². The number of carbonyl (C=O) groups is 1. The lowest BCUT2D eigenvalue weighted by Crippen LogP contribution is -2.28. The van der Waals surface area contributed by atoms with Crippen molar-refractivity contribution in [2.45, 2.75) is 13.0 Å². The number of pyridine rings is 1. The molecule has 1 atom stereocenters. The smallest absolute Gasteiger partial charge is 0.278 e. The summed E-state index contributed by atoms with van der Waals surface area (Å²) in [6, 6.07) is 5.28. The Morgan fingerprint density at radius 2 is 2.22 bits per heavy atom. The van der Waals surface area contributed by atoms with Gasteiger partial charge >= 0.3 is 0 Å². The van der Waals surface area contributed by atoms with E-state index in [1.165, 1.54) is 0 Å². The quantitative estimate of drug-likeness (QED) is 0.467. The van der Waals surface area contributed by atoms with Crippen molar-refractivity contribution >= 4 is 62.1 Å². The summed E-state index contributed by atoms with van der Waals surface area (Å²) in [5.74, 6) is -0.538. The first-order valence-electron chi connectivity index (χ1n) is 7.84. The monoisotopic (exact) mass is 472 g/mol. The van der Waals surface area contributed by atoms with E-state index >= 15 is 0 Å². The molecule has 3 aromatic rings. The third-order valence-corrected chi connectivity index (χ3v) is 4.71. The lowest BCUT2D eigenvalue weighted by Gasteiger charge is -2.16. The van der Waals surface area contributed by atoms with Gasteiger partial charge in [-0.2, -0.15) is 0 Å². The molecule has 0 spiro atoms. The number of halogens is 3. The van der Waals surface area contributed by atoms with Gasteiger partial charge in [0, 0.05) is 23.1 Å². The Labute approximate surface area is 173 Å². The molecule has 1 amide bonds. The van der Waals surface area contributed by atoms with Crippen LogP contribution in [0, 0.1) is 0 Å². The molecule has 1 unspecified atom stereocenters. The minimum atomic E-state index is -0.718. The summed E-state index contributed by atoms with van der Waals surface area (Å²) in [4.78, 5) is 21.8. The largest absolute Gasteiger partial charge is 0.391 e. The Morgan fingerprint density at radius 1 is 1.44 bits per heavy atom. The number of carbonyl (C=O) groups excluding carboxylic acids is 1. The summed E-state index contributed by atoms with van der Waals surface area (Å²) < 4.78 is 2.44. The van der Waals surface area contributed by atoms with Crippen LogP contribution in [0.2, 0.25) is 10.0 Å². The van der Waals surface area contributed by atoms with Crippen LogP contribution in [0.25, 0.3) is 5.65 Å². The van der Waals surface area contributed by atoms with E-state index in [1.54, 1.807) is 42.0 Å². The highest BCUT2D eigenvalue weighted by molar-refractivity contribution is 9.10. The zero-order valence-electron chi connectivity index (χ0n) is 14.0. The van der Waals surface area contributed by atoms with E-state index in [9.17, 15) is 9.90 Å². The van der Waals surface area contributed by atoms with Crippen molar-refractivity contribution in [3.8, 4) is 0 Å². The molecule has 0 aliphatic heterocycles. The second-order valence-corrected chi connectivity index (χ2v) is 7.43. The first-order chi connectivity index (χ1) is 12.9. The zero-order valence-corrected chi connectivity index (χ0v) is 17.1. The molecule has 1 aromatic carbocycles. The number of nitrogens with zero attached hydrogens (tertiary/aromatic N) is 2. The first-order valence-corrected chi connectivity index (χ1v) is 9.39. The van der Waals surface area contributed by atoms with E-state index in [1.807, 2.05) is 6.07 Å². The second-order valence-electron chi connectivity index (χ2n) is 5.73. The van der Waals surface area contributed by atoms with Crippen LogP contribution < -0.4 is 10.8 Å². The number of hydrogen-bond acceptors (Lipinski definition) is 5. The maximum Gasteiger partial charge on any atom is 0.278 e. The van der Waals surface area contributed by atoms with Gasteiger partial charge in [0.2, 0.25) is 0 Å². The number of imidazole rings is 1. The minimum absolute atomic E-state index is 0.0475. The van der Waals surface area contributed by atoms with Crippen LogP contribution >= 0.6 is 39.1 Å². The summed E-state index contributed by atoms with van der Waals surface area (Å²) in [5.41, 5.74) is 3.89. The molecule has 0 aliphatic carbocycles. The maximum absolute atomic E-state index is 12.6. The lowest BCUT2D eigenvalue weighted by molar-refractivity contribution is -0.00684. The van der Waals surface area contributed by atoms with Crippen molar-refractivity contribution in [1.82, 2.24) is 14.9 Å². The number of hydroxylamine groups is 1. The SMILES string of the molecule is CC(O)CONC(=O)c1cn2ccnc2c(Cl)c1Nc1ccc(Br)cc1Cl. The van der Waals surface area contributed by atoms with Gasteiger partial charge in [-0.1, -0.05) is 39.1 Å². The molecular weight excluding hydrogens is 459 g/mol. The third-order valence-electron chi connectivity index (χ3n) is 3.55. The number of rotatable bonds is 6. The highest BCUT2D eigenvalue weighted by Crippen LogP contribution is 2.35. The van der Waals surface area contributed by atoms with Gasteiger partial charge in [0.05, 0.1) is 28.1 Å². The van der Waals surface area contributed by atoms with Gasteiger partial charge in [0.15, 0.2) is 5.65 Å². The predicted molar refractivity (Wildman–Crippen MR) is 108 cm³/mol. The first kappa shape index (κ1) is 19.9. The Balaban J connectivity index is 2.00. The topological polar surface area (TPSA) is 87.9 Å². The average Bonchev–Trinajstić information content (AvgIpc) is 3.07. The van der Waals surface area contributed by atoms with Crippen LogP contribution in [-0.2, 0) is 4.84 Å². The second kappa shape index (κ2) is 8.45. The maximum atomic E-state index is 12.6. The Hall–Kier alpha value is -1.84. The third kappa shape index (κ3) is 4.53. The van der Waals surface area contributed by atoms with Crippen molar-refractivity contribution in [1.29, 1.82) is 0 Å².